The molecule has 0 spiro atoms. The smallest absolute Gasteiger partial charge is 0.336 e. The number of methoxy groups -OCH3 is 1. The van der Waals surface area contributed by atoms with Gasteiger partial charge in [-0.05, 0) is 17.7 Å². The highest BCUT2D eigenvalue weighted by Gasteiger charge is 2.08. The summed E-state index contributed by atoms with van der Waals surface area (Å²) in [4.78, 5) is 15.7. The van der Waals surface area contributed by atoms with E-state index in [9.17, 15) is 4.79 Å². The number of fused-ring (bicyclic) bond motifs is 1. The second-order valence-corrected chi connectivity index (χ2v) is 4.98. The first-order chi connectivity index (χ1) is 9.67. The number of nitrogens with one attached hydrogen (secondary N) is 1. The van der Waals surface area contributed by atoms with Gasteiger partial charge < -0.3 is 14.5 Å². The quantitative estimate of drug-likeness (QED) is 0.534. The van der Waals surface area contributed by atoms with Crippen LogP contribution in [-0.4, -0.2) is 26.4 Å². The molecule has 0 saturated carbocycles. The van der Waals surface area contributed by atoms with Crippen LogP contribution in [0.3, 0.4) is 0 Å². The number of hydrogen-bond donors (Lipinski definition) is 1. The van der Waals surface area contributed by atoms with Crippen molar-refractivity contribution in [2.45, 2.75) is 5.75 Å². The normalized spacial score (nSPS) is 11.7. The molecule has 0 bridgehead atoms. The molecule has 2 rings (SSSR count). The summed E-state index contributed by atoms with van der Waals surface area (Å²) in [7, 11) is 5.12. The summed E-state index contributed by atoms with van der Waals surface area (Å²) < 4.78 is 10.4. The fourth-order valence-corrected chi connectivity index (χ4v) is 2.66. The highest BCUT2D eigenvalue weighted by atomic mass is 32.2. The Morgan fingerprint density at radius 2 is 2.25 bits per heavy atom. The minimum atomic E-state index is -0.360. The van der Waals surface area contributed by atoms with Crippen molar-refractivity contribution in [1.29, 1.82) is 0 Å². The van der Waals surface area contributed by atoms with E-state index in [2.05, 4.69) is 10.3 Å². The van der Waals surface area contributed by atoms with Crippen molar-refractivity contribution in [3.05, 3.63) is 40.2 Å². The minimum Gasteiger partial charge on any atom is -0.497 e. The maximum absolute atomic E-state index is 11.6. The molecule has 0 atom stereocenters. The Morgan fingerprint density at radius 1 is 1.45 bits per heavy atom. The summed E-state index contributed by atoms with van der Waals surface area (Å²) >= 11 is 1.54. The summed E-state index contributed by atoms with van der Waals surface area (Å²) in [5.41, 5.74) is 1.09. The first-order valence-electron chi connectivity index (χ1n) is 6.06. The molecule has 1 aromatic heterocycles. The lowest BCUT2D eigenvalue weighted by Gasteiger charge is -2.07. The Hall–Kier alpha value is -1.95. The summed E-state index contributed by atoms with van der Waals surface area (Å²) in [6.07, 6.45) is 0. The lowest BCUT2D eigenvalue weighted by molar-refractivity contribution is 0.414. The third-order valence-electron chi connectivity index (χ3n) is 2.82. The Kier molecular flexibility index (Phi) is 4.68. The predicted octanol–water partition coefficient (Wildman–Crippen LogP) is 2.24. The fraction of sp³-hybridized carbons (Fsp3) is 0.286. The minimum absolute atomic E-state index is 0.360. The van der Waals surface area contributed by atoms with Crippen LogP contribution < -0.4 is 15.7 Å². The number of thioether (sulfide) groups is 1. The number of ether oxygens (including phenoxy) is 1. The number of hydrogen-bond acceptors (Lipinski definition) is 5. The third-order valence-corrected chi connectivity index (χ3v) is 3.93. The Labute approximate surface area is 121 Å². The van der Waals surface area contributed by atoms with Crippen molar-refractivity contribution in [2.24, 2.45) is 4.99 Å². The van der Waals surface area contributed by atoms with Crippen molar-refractivity contribution < 1.29 is 9.15 Å². The van der Waals surface area contributed by atoms with Crippen molar-refractivity contribution in [3.8, 4) is 5.75 Å². The molecule has 1 aromatic carbocycles. The SMILES string of the molecule is CN=C(NC)SCc1cc(=O)oc2cc(OC)ccc12. The predicted molar refractivity (Wildman–Crippen MR) is 82.7 cm³/mol. The lowest BCUT2D eigenvalue weighted by Crippen LogP contribution is -2.14. The molecule has 20 heavy (non-hydrogen) atoms. The van der Waals surface area contributed by atoms with Gasteiger partial charge in [0.25, 0.3) is 0 Å². The molecule has 0 unspecified atom stereocenters. The molecule has 2 aromatic rings. The van der Waals surface area contributed by atoms with E-state index in [-0.39, 0.29) is 5.63 Å². The maximum Gasteiger partial charge on any atom is 0.336 e. The van der Waals surface area contributed by atoms with Crippen LogP contribution in [0.15, 0.2) is 38.5 Å². The van der Waals surface area contributed by atoms with Gasteiger partial charge in [-0.3, -0.25) is 4.99 Å². The van der Waals surface area contributed by atoms with E-state index in [1.54, 1.807) is 20.2 Å². The molecule has 0 aliphatic rings. The molecule has 5 nitrogen and oxygen atoms in total. The van der Waals surface area contributed by atoms with E-state index in [4.69, 9.17) is 9.15 Å². The van der Waals surface area contributed by atoms with Gasteiger partial charge in [-0.1, -0.05) is 11.8 Å². The summed E-state index contributed by atoms with van der Waals surface area (Å²) in [6.45, 7) is 0. The van der Waals surface area contributed by atoms with Gasteiger partial charge in [-0.2, -0.15) is 0 Å². The average molecular weight is 292 g/mol. The number of amidine groups is 1. The van der Waals surface area contributed by atoms with Gasteiger partial charge in [0.05, 0.1) is 7.11 Å². The zero-order valence-corrected chi connectivity index (χ0v) is 12.4. The molecule has 0 fully saturated rings. The van der Waals surface area contributed by atoms with E-state index >= 15 is 0 Å². The monoisotopic (exact) mass is 292 g/mol. The average Bonchev–Trinajstić information content (AvgIpc) is 2.47. The van der Waals surface area contributed by atoms with Gasteiger partial charge in [0.2, 0.25) is 0 Å². The first kappa shape index (κ1) is 14.5. The van der Waals surface area contributed by atoms with E-state index in [1.165, 1.54) is 17.8 Å². The van der Waals surface area contributed by atoms with Crippen LogP contribution in [0, 0.1) is 0 Å². The van der Waals surface area contributed by atoms with Crippen LogP contribution in [0.5, 0.6) is 5.75 Å². The van der Waals surface area contributed by atoms with E-state index < -0.39 is 0 Å². The van der Waals surface area contributed by atoms with Gasteiger partial charge in [0.15, 0.2) is 5.17 Å². The van der Waals surface area contributed by atoms with Crippen molar-refractivity contribution in [1.82, 2.24) is 5.32 Å². The largest absolute Gasteiger partial charge is 0.497 e. The molecule has 106 valence electrons. The molecule has 6 heteroatoms. The Bertz CT molecular complexity index is 694. The Balaban J connectivity index is 2.40. The molecular formula is C14H16N2O3S. The highest BCUT2D eigenvalue weighted by molar-refractivity contribution is 8.13. The number of nitrogens with zero attached hydrogens (tertiary/aromatic N) is 1. The summed E-state index contributed by atoms with van der Waals surface area (Å²) in [5, 5.41) is 4.72. The van der Waals surface area contributed by atoms with Crippen molar-refractivity contribution in [3.63, 3.8) is 0 Å². The van der Waals surface area contributed by atoms with Crippen LogP contribution >= 0.6 is 11.8 Å². The molecule has 0 aliphatic carbocycles. The highest BCUT2D eigenvalue weighted by Crippen LogP contribution is 2.25. The molecule has 0 radical (unpaired) electrons. The molecule has 0 aliphatic heterocycles. The van der Waals surface area contributed by atoms with Crippen LogP contribution in [-0.2, 0) is 5.75 Å². The molecule has 1 N–H and O–H groups in total. The van der Waals surface area contributed by atoms with Crippen LogP contribution in [0.25, 0.3) is 11.0 Å². The third kappa shape index (κ3) is 3.14. The molecule has 0 saturated heterocycles. The second-order valence-electron chi connectivity index (χ2n) is 4.02. The lowest BCUT2D eigenvalue weighted by atomic mass is 10.1. The van der Waals surface area contributed by atoms with Gasteiger partial charge in [0.1, 0.15) is 11.3 Å². The standard InChI is InChI=1S/C14H16N2O3S/c1-15-14(16-2)20-8-9-6-13(17)19-12-7-10(18-3)4-5-11(9)12/h4-7H,8H2,1-3H3,(H,15,16). The van der Waals surface area contributed by atoms with Gasteiger partial charge in [0, 0.05) is 37.4 Å². The first-order valence-corrected chi connectivity index (χ1v) is 7.04. The summed E-state index contributed by atoms with van der Waals surface area (Å²) in [5.74, 6) is 1.30. The maximum atomic E-state index is 11.6. The zero-order chi connectivity index (χ0) is 14.5. The van der Waals surface area contributed by atoms with E-state index in [0.717, 1.165) is 16.1 Å². The molecule has 0 amide bonds. The number of aliphatic imine (C=N–C) groups is 1. The fourth-order valence-electron chi connectivity index (χ4n) is 1.85. The number of rotatable bonds is 3. The van der Waals surface area contributed by atoms with E-state index in [1.807, 2.05) is 19.2 Å². The van der Waals surface area contributed by atoms with Gasteiger partial charge >= 0.3 is 5.63 Å². The van der Waals surface area contributed by atoms with Crippen LogP contribution in [0.1, 0.15) is 5.56 Å². The van der Waals surface area contributed by atoms with Crippen LogP contribution in [0.2, 0.25) is 0 Å². The van der Waals surface area contributed by atoms with Gasteiger partial charge in [-0.25, -0.2) is 4.79 Å². The molecule has 1 heterocycles. The molecular weight excluding hydrogens is 276 g/mol. The van der Waals surface area contributed by atoms with Crippen molar-refractivity contribution >= 4 is 27.9 Å². The topological polar surface area (TPSA) is 63.8 Å². The Morgan fingerprint density at radius 3 is 2.90 bits per heavy atom. The number of benzene rings is 1. The van der Waals surface area contributed by atoms with Gasteiger partial charge in [-0.15, -0.1) is 0 Å². The zero-order valence-electron chi connectivity index (χ0n) is 11.6. The summed E-state index contributed by atoms with van der Waals surface area (Å²) in [6, 6.07) is 6.99. The van der Waals surface area contributed by atoms with Crippen LogP contribution in [0.4, 0.5) is 0 Å². The van der Waals surface area contributed by atoms with Crippen molar-refractivity contribution in [2.75, 3.05) is 21.2 Å². The second kappa shape index (κ2) is 6.47. The van der Waals surface area contributed by atoms with E-state index in [0.29, 0.717) is 17.1 Å².